The van der Waals surface area contributed by atoms with Gasteiger partial charge in [0.25, 0.3) is 0 Å². The van der Waals surface area contributed by atoms with Crippen molar-refractivity contribution in [3.05, 3.63) is 35.9 Å². The van der Waals surface area contributed by atoms with Crippen molar-refractivity contribution < 1.29 is 29.5 Å². The Hall–Kier alpha value is -1.86. The van der Waals surface area contributed by atoms with Gasteiger partial charge in [0, 0.05) is 7.34 Å². The third-order valence-electron chi connectivity index (χ3n) is 7.91. The molecule has 0 N–H and O–H groups in total. The van der Waals surface area contributed by atoms with E-state index in [1.165, 1.54) is 19.3 Å². The fourth-order valence-electron chi connectivity index (χ4n) is 6.34. The predicted molar refractivity (Wildman–Crippen MR) is 105 cm³/mol. The van der Waals surface area contributed by atoms with Gasteiger partial charge >= 0.3 is 18.6 Å². The van der Waals surface area contributed by atoms with Crippen molar-refractivity contribution in [1.29, 1.82) is 0 Å². The third kappa shape index (κ3) is 2.29. The summed E-state index contributed by atoms with van der Waals surface area (Å²) in [6.45, 7) is 2.26. The highest BCUT2D eigenvalue weighted by molar-refractivity contribution is 6.70. The molecule has 1 aromatic carbocycles. The smallest absolute Gasteiger partial charge is 0.598 e. The van der Waals surface area contributed by atoms with Crippen molar-refractivity contribution in [2.75, 3.05) is 13.1 Å². The molecule has 1 aromatic rings. The Morgan fingerprint density at radius 2 is 1.68 bits per heavy atom. The molecular formula is C21H30BNO5. The van der Waals surface area contributed by atoms with E-state index in [0.717, 1.165) is 18.4 Å². The topological polar surface area (TPSA) is 65.1 Å². The summed E-state index contributed by atoms with van der Waals surface area (Å²) in [5.74, 6) is -0.0890. The lowest BCUT2D eigenvalue weighted by molar-refractivity contribution is -0.847. The Bertz CT molecular complexity index is 795. The van der Waals surface area contributed by atoms with Crippen LogP contribution >= 0.6 is 0 Å². The molecule has 5 rings (SSSR count). The molecule has 7 heteroatoms. The van der Waals surface area contributed by atoms with Gasteiger partial charge in [-0.3, -0.25) is 9.59 Å². The molecule has 3 atom stereocenters. The van der Waals surface area contributed by atoms with Crippen LogP contribution in [0.5, 0.6) is 0 Å². The second kappa shape index (κ2) is 6.07. The highest BCUT2D eigenvalue weighted by Gasteiger charge is 2.84. The maximum atomic E-state index is 12.6. The molecular weight excluding hydrogens is 357 g/mol. The van der Waals surface area contributed by atoms with E-state index in [1.54, 1.807) is 0 Å². The standard InChI is InChI=1S/C21H28BNO5.H2/c1-15(16-9-5-3-6-10-16)23-13-18(24)27-22(23,28-19(25)14-23)21(2)20(26-21)17-11-7-4-8-12-17;/h4,7-8,11-12,15-16,20H,3,5-6,9-10,13-14H2,1-2H3;1H/t15-,20-,21+,22?,23?;/m0./s1. The SMILES string of the molecule is C[C@@H](C1CCCCC1)[N+]12CC(=O)O[B-]1([C@]1(C)O[C@H]1c1ccccc1)OC(=O)C2.[HH]. The molecule has 0 spiro atoms. The minimum atomic E-state index is -2.27. The average Bonchev–Trinajstić information content (AvgIpc) is 3.20. The van der Waals surface area contributed by atoms with Gasteiger partial charge in [-0.2, -0.15) is 0 Å². The zero-order chi connectivity index (χ0) is 19.6. The minimum Gasteiger partial charge on any atom is -0.598 e. The number of rotatable bonds is 4. The largest absolute Gasteiger partial charge is 0.618 e. The van der Waals surface area contributed by atoms with Gasteiger partial charge < -0.3 is 18.4 Å². The first-order valence-corrected chi connectivity index (χ1v) is 10.6. The molecule has 0 bridgehead atoms. The molecule has 3 heterocycles. The van der Waals surface area contributed by atoms with Gasteiger partial charge in [-0.1, -0.05) is 56.5 Å². The fraction of sp³-hybridized carbons (Fsp3) is 0.619. The number of hydrogen-bond donors (Lipinski definition) is 0. The molecule has 1 saturated carbocycles. The number of quaternary nitrogens is 1. The number of carbonyl (C=O) groups is 2. The van der Waals surface area contributed by atoms with Gasteiger partial charge in [0.15, 0.2) is 0 Å². The van der Waals surface area contributed by atoms with E-state index in [4.69, 9.17) is 14.0 Å². The van der Waals surface area contributed by atoms with Crippen LogP contribution in [0.3, 0.4) is 0 Å². The summed E-state index contributed by atoms with van der Waals surface area (Å²) in [5, 5.41) is 0. The second-order valence-electron chi connectivity index (χ2n) is 9.30. The third-order valence-corrected chi connectivity index (χ3v) is 7.91. The number of benzene rings is 1. The van der Waals surface area contributed by atoms with E-state index in [9.17, 15) is 9.59 Å². The fourth-order valence-corrected chi connectivity index (χ4v) is 6.34. The van der Waals surface area contributed by atoms with Crippen LogP contribution in [-0.4, -0.2) is 47.7 Å². The number of fused-ring (bicyclic) bond motifs is 1. The first kappa shape index (κ1) is 18.2. The molecule has 28 heavy (non-hydrogen) atoms. The van der Waals surface area contributed by atoms with E-state index in [1.807, 2.05) is 37.3 Å². The minimum absolute atomic E-state index is 0. The zero-order valence-corrected chi connectivity index (χ0v) is 16.6. The lowest BCUT2D eigenvalue weighted by atomic mass is 9.52. The maximum Gasteiger partial charge on any atom is 0.618 e. The molecule has 4 fully saturated rings. The lowest BCUT2D eigenvalue weighted by Gasteiger charge is -2.52. The molecule has 4 aliphatic rings. The first-order valence-electron chi connectivity index (χ1n) is 10.6. The van der Waals surface area contributed by atoms with Gasteiger partial charge in [-0.25, -0.2) is 0 Å². The molecule has 0 amide bonds. The molecule has 1 aliphatic carbocycles. The van der Waals surface area contributed by atoms with Crippen LogP contribution in [0.2, 0.25) is 0 Å². The van der Waals surface area contributed by atoms with E-state index >= 15 is 0 Å². The summed E-state index contributed by atoms with van der Waals surface area (Å²) >= 11 is 0. The molecule has 152 valence electrons. The Balaban J connectivity index is 0.00000205. The van der Waals surface area contributed by atoms with E-state index in [0.29, 0.717) is 5.92 Å². The molecule has 6 nitrogen and oxygen atoms in total. The molecule has 0 aromatic heterocycles. The van der Waals surface area contributed by atoms with Crippen molar-refractivity contribution >= 4 is 18.6 Å². The lowest BCUT2D eigenvalue weighted by Crippen LogP contribution is -2.74. The predicted octanol–water partition coefficient (Wildman–Crippen LogP) is 3.14. The van der Waals surface area contributed by atoms with Gasteiger partial charge in [0.2, 0.25) is 0 Å². The van der Waals surface area contributed by atoms with Gasteiger partial charge in [0.05, 0.1) is 12.1 Å². The molecule has 3 aliphatic heterocycles. The van der Waals surface area contributed by atoms with Gasteiger partial charge in [-0.15, -0.1) is 0 Å². The monoisotopic (exact) mass is 387 g/mol. The van der Waals surface area contributed by atoms with Gasteiger partial charge in [0.1, 0.15) is 18.6 Å². The molecule has 0 unspecified atom stereocenters. The van der Waals surface area contributed by atoms with Crippen LogP contribution in [0.1, 0.15) is 59.0 Å². The Morgan fingerprint density at radius 3 is 2.29 bits per heavy atom. The maximum absolute atomic E-state index is 12.6. The van der Waals surface area contributed by atoms with Crippen molar-refractivity contribution in [1.82, 2.24) is 0 Å². The average molecular weight is 387 g/mol. The summed E-state index contributed by atoms with van der Waals surface area (Å²) in [5.41, 5.74) is 0.207. The van der Waals surface area contributed by atoms with Crippen molar-refractivity contribution in [2.45, 2.75) is 63.6 Å². The highest BCUT2D eigenvalue weighted by Crippen LogP contribution is 2.61. The van der Waals surface area contributed by atoms with Crippen molar-refractivity contribution in [3.8, 4) is 0 Å². The van der Waals surface area contributed by atoms with Gasteiger partial charge in [-0.05, 0) is 25.3 Å². The number of nitrogens with zero attached hydrogens (tertiary/aromatic N) is 1. The summed E-state index contributed by atoms with van der Waals surface area (Å²) in [4.78, 5) is 25.2. The van der Waals surface area contributed by atoms with Crippen LogP contribution < -0.4 is 0 Å². The van der Waals surface area contributed by atoms with Crippen molar-refractivity contribution in [2.24, 2.45) is 5.92 Å². The number of ether oxygens (including phenoxy) is 1. The van der Waals surface area contributed by atoms with E-state index in [-0.39, 0.29) is 43.0 Å². The Morgan fingerprint density at radius 1 is 1.07 bits per heavy atom. The summed E-state index contributed by atoms with van der Waals surface area (Å²) < 4.78 is 18.4. The normalized spacial score (nSPS) is 41.3. The van der Waals surface area contributed by atoms with Crippen molar-refractivity contribution in [3.63, 3.8) is 0 Å². The molecule has 0 radical (unpaired) electrons. The summed E-state index contributed by atoms with van der Waals surface area (Å²) in [7, 11) is 0. The van der Waals surface area contributed by atoms with E-state index in [2.05, 4.69) is 6.92 Å². The van der Waals surface area contributed by atoms with E-state index < -0.39 is 12.2 Å². The van der Waals surface area contributed by atoms with Crippen LogP contribution in [0.15, 0.2) is 30.3 Å². The number of carbonyl (C=O) groups excluding carboxylic acids is 2. The van der Waals surface area contributed by atoms with Crippen LogP contribution in [0.25, 0.3) is 0 Å². The summed E-state index contributed by atoms with van der Waals surface area (Å²) in [6, 6.07) is 10.0. The van der Waals surface area contributed by atoms with Crippen LogP contribution in [-0.2, 0) is 23.6 Å². The number of hydrogen-bond acceptors (Lipinski definition) is 5. The zero-order valence-electron chi connectivity index (χ0n) is 16.6. The Kier molecular flexibility index (Phi) is 3.94. The summed E-state index contributed by atoms with van der Waals surface area (Å²) in [6.07, 6.45) is 5.71. The second-order valence-corrected chi connectivity index (χ2v) is 9.30. The quantitative estimate of drug-likeness (QED) is 0.587. The number of epoxide rings is 1. The van der Waals surface area contributed by atoms with Crippen LogP contribution in [0.4, 0.5) is 0 Å². The molecule has 3 saturated heterocycles. The first-order chi connectivity index (χ1) is 13.4. The van der Waals surface area contributed by atoms with Crippen LogP contribution in [0, 0.1) is 5.92 Å². The highest BCUT2D eigenvalue weighted by atomic mass is 16.7. The Labute approximate surface area is 167 Å².